The molecule has 0 bridgehead atoms. The first-order valence-electron chi connectivity index (χ1n) is 16.6. The van der Waals surface area contributed by atoms with Crippen molar-refractivity contribution in [2.45, 2.75) is 78.1 Å². The number of aryl methyl sites for hydroxylation is 2. The fourth-order valence-electron chi connectivity index (χ4n) is 7.39. The van der Waals surface area contributed by atoms with Crippen molar-refractivity contribution in [3.63, 3.8) is 0 Å². The summed E-state index contributed by atoms with van der Waals surface area (Å²) in [7, 11) is 0. The molecule has 0 unspecified atom stereocenters. The third-order valence-electron chi connectivity index (χ3n) is 9.58. The molecule has 0 fully saturated rings. The van der Waals surface area contributed by atoms with E-state index in [9.17, 15) is 0 Å². The Kier molecular flexibility index (Phi) is 8.46. The Morgan fingerprint density at radius 1 is 0.511 bits per heavy atom. The molecule has 0 amide bonds. The van der Waals surface area contributed by atoms with Crippen LogP contribution in [0.3, 0.4) is 0 Å². The van der Waals surface area contributed by atoms with Crippen molar-refractivity contribution in [1.82, 2.24) is 9.97 Å². The summed E-state index contributed by atoms with van der Waals surface area (Å²) in [5.41, 5.74) is 2.75. The van der Waals surface area contributed by atoms with E-state index in [-0.39, 0.29) is 0 Å². The Labute approximate surface area is 285 Å². The van der Waals surface area contributed by atoms with E-state index in [1.54, 1.807) is 8.79 Å². The minimum absolute atomic E-state index is 1.20. The summed E-state index contributed by atoms with van der Waals surface area (Å²) in [5.74, 6) is 0. The number of unbranched alkanes of at least 4 members (excludes halogenated alkanes) is 6. The van der Waals surface area contributed by atoms with Gasteiger partial charge in [0.25, 0.3) is 0 Å². The van der Waals surface area contributed by atoms with Gasteiger partial charge in [0.15, 0.2) is 0 Å². The molecule has 6 aromatic heterocycles. The number of aromatic nitrogens is 2. The molecule has 228 valence electrons. The molecular weight excluding hydrogens is 685 g/mol. The predicted octanol–water partition coefficient (Wildman–Crippen LogP) is 9.64. The van der Waals surface area contributed by atoms with E-state index in [0.29, 0.717) is 0 Å². The van der Waals surface area contributed by atoms with Crippen LogP contribution >= 0.6 is 45.3 Å². The minimum atomic E-state index is -3.27. The zero-order chi connectivity index (χ0) is 30.4. The molecule has 0 N–H and O–H groups in total. The second-order valence-corrected chi connectivity index (χ2v) is 24.6. The Morgan fingerprint density at radius 3 is 1.47 bits per heavy atom. The average molecular weight is 724 g/mol. The van der Waals surface area contributed by atoms with Crippen LogP contribution in [0.5, 0.6) is 0 Å². The summed E-state index contributed by atoms with van der Waals surface area (Å²) < 4.78 is 6.17. The summed E-state index contributed by atoms with van der Waals surface area (Å²) in [6.45, 7) is 4.58. The van der Waals surface area contributed by atoms with Gasteiger partial charge in [0.2, 0.25) is 0 Å². The number of pyridine rings is 2. The average Bonchev–Trinajstić information content (AvgIpc) is 3.90. The van der Waals surface area contributed by atoms with Crippen molar-refractivity contribution in [2.24, 2.45) is 0 Å². The molecule has 2 nitrogen and oxygen atoms in total. The van der Waals surface area contributed by atoms with Crippen LogP contribution in [-0.4, -0.2) is 23.2 Å². The van der Waals surface area contributed by atoms with E-state index in [0.717, 1.165) is 0 Å². The van der Waals surface area contributed by atoms with Crippen LogP contribution in [0.2, 0.25) is 0 Å². The van der Waals surface area contributed by atoms with Gasteiger partial charge in [-0.15, -0.1) is 0 Å². The van der Waals surface area contributed by atoms with E-state index in [1.807, 2.05) is 57.7 Å². The van der Waals surface area contributed by atoms with Gasteiger partial charge in [-0.05, 0) is 0 Å². The van der Waals surface area contributed by atoms with E-state index in [4.69, 9.17) is 9.97 Å². The first-order valence-corrected chi connectivity index (χ1v) is 24.0. The summed E-state index contributed by atoms with van der Waals surface area (Å²) in [4.78, 5) is 21.3. The Bertz CT molecular complexity index is 1830. The first kappa shape index (κ1) is 30.0. The summed E-state index contributed by atoms with van der Waals surface area (Å²) in [6.07, 6.45) is 21.3. The molecular formula is C38H38GeN2S4. The van der Waals surface area contributed by atoms with Crippen molar-refractivity contribution in [1.29, 1.82) is 0 Å². The molecule has 6 aromatic rings. The van der Waals surface area contributed by atoms with Crippen LogP contribution in [0.25, 0.3) is 40.4 Å². The number of thiophene rings is 4. The molecule has 8 rings (SSSR count). The Balaban J connectivity index is 1.24. The van der Waals surface area contributed by atoms with Gasteiger partial charge < -0.3 is 0 Å². The third-order valence-corrected chi connectivity index (χ3v) is 25.6. The molecule has 0 aromatic carbocycles. The standard InChI is InChI=1S/C38H38GeN2S4/c1-3-5-7-9-11-25-13-15-33(42-25)35-21-29-37(44-35)38-30(22-36(45-38)34-16-14-26(43-34)12-10-8-6-4-2)39(29)31-23-40-19-17-27(31)28-18-20-41-24-32(28)39/h13-24H,3-12H2,1-2H3. The number of hydrogen-bond acceptors (Lipinski definition) is 6. The molecule has 0 aliphatic carbocycles. The molecule has 8 heterocycles. The fourth-order valence-corrected chi connectivity index (χ4v) is 25.8. The fraction of sp³-hybridized carbons (Fsp3) is 0.316. The van der Waals surface area contributed by atoms with Crippen molar-refractivity contribution < 1.29 is 0 Å². The zero-order valence-corrected chi connectivity index (χ0v) is 31.4. The van der Waals surface area contributed by atoms with Crippen molar-refractivity contribution in [2.75, 3.05) is 0 Å². The SMILES string of the molecule is CCCCCCc1ccc(-c2c[c]3c(s2)-c2sc(-c4ccc(CCCCCC)s4)c[c]2[Ge]32[c]3cnccc3-c3ccnc[c]32)s1. The van der Waals surface area contributed by atoms with Crippen LogP contribution in [0.4, 0.5) is 0 Å². The van der Waals surface area contributed by atoms with Crippen molar-refractivity contribution in [3.8, 4) is 40.4 Å². The van der Waals surface area contributed by atoms with Crippen LogP contribution in [0, 0.1) is 0 Å². The maximum atomic E-state index is 4.76. The van der Waals surface area contributed by atoms with Gasteiger partial charge in [-0.25, -0.2) is 0 Å². The molecule has 0 radical (unpaired) electrons. The molecule has 0 saturated carbocycles. The Hall–Kier alpha value is -2.36. The van der Waals surface area contributed by atoms with E-state index < -0.39 is 13.3 Å². The molecule has 0 atom stereocenters. The van der Waals surface area contributed by atoms with Gasteiger partial charge >= 0.3 is 288 Å². The van der Waals surface area contributed by atoms with Gasteiger partial charge in [-0.2, -0.15) is 0 Å². The van der Waals surface area contributed by atoms with Gasteiger partial charge in [-0.1, -0.05) is 0 Å². The van der Waals surface area contributed by atoms with Crippen molar-refractivity contribution in [3.05, 3.63) is 83.1 Å². The van der Waals surface area contributed by atoms with Crippen LogP contribution in [0.1, 0.15) is 75.0 Å². The second-order valence-electron chi connectivity index (χ2n) is 12.5. The number of nitrogens with zero attached hydrogens (tertiary/aromatic N) is 2. The van der Waals surface area contributed by atoms with E-state index in [1.165, 1.54) is 123 Å². The normalized spacial score (nSPS) is 13.7. The van der Waals surface area contributed by atoms with Gasteiger partial charge in [0.1, 0.15) is 0 Å². The molecule has 1 spiro atoms. The number of rotatable bonds is 12. The summed E-state index contributed by atoms with van der Waals surface area (Å²) in [5, 5.41) is 0. The molecule has 2 aliphatic heterocycles. The molecule has 0 saturated heterocycles. The molecule has 2 aliphatic rings. The molecule has 7 heteroatoms. The van der Waals surface area contributed by atoms with E-state index in [2.05, 4.69) is 74.8 Å². The monoisotopic (exact) mass is 724 g/mol. The van der Waals surface area contributed by atoms with Crippen LogP contribution in [-0.2, 0) is 12.8 Å². The third kappa shape index (κ3) is 5.07. The van der Waals surface area contributed by atoms with E-state index >= 15 is 0 Å². The van der Waals surface area contributed by atoms with Gasteiger partial charge in [-0.3, -0.25) is 0 Å². The summed E-state index contributed by atoms with van der Waals surface area (Å²) >= 11 is 4.82. The second kappa shape index (κ2) is 12.7. The van der Waals surface area contributed by atoms with Gasteiger partial charge in [0.05, 0.1) is 0 Å². The van der Waals surface area contributed by atoms with Crippen molar-refractivity contribution >= 4 is 76.2 Å². The number of hydrogen-bond donors (Lipinski definition) is 0. The predicted molar refractivity (Wildman–Crippen MR) is 202 cm³/mol. The molecule has 45 heavy (non-hydrogen) atoms. The first-order chi connectivity index (χ1) is 22.2. The topological polar surface area (TPSA) is 25.8 Å². The Morgan fingerprint density at radius 2 is 1.00 bits per heavy atom. The quantitative estimate of drug-likeness (QED) is 0.0928. The maximum absolute atomic E-state index is 4.76. The van der Waals surface area contributed by atoms with Crippen LogP contribution in [0.15, 0.2) is 73.3 Å². The zero-order valence-electron chi connectivity index (χ0n) is 26.0. The number of fused-ring (bicyclic) bond motifs is 10. The van der Waals surface area contributed by atoms with Crippen LogP contribution < -0.4 is 17.6 Å². The van der Waals surface area contributed by atoms with Gasteiger partial charge in [0, 0.05) is 0 Å². The summed E-state index contributed by atoms with van der Waals surface area (Å²) in [6, 6.07) is 19.2.